The fourth-order valence-electron chi connectivity index (χ4n) is 6.39. The van der Waals surface area contributed by atoms with Crippen LogP contribution in [0.25, 0.3) is 0 Å². The molecule has 0 aromatic carbocycles. The molecule has 10 heteroatoms. The number of likely N-dealkylation sites (N-methyl/N-ethyl adjacent to an activating group) is 1. The summed E-state index contributed by atoms with van der Waals surface area (Å²) in [4.78, 5) is 28.9. The predicted octanol–water partition coefficient (Wildman–Crippen LogP) is 2.85. The number of carbonyl (C=O) groups excluding carboxylic acids is 2. The van der Waals surface area contributed by atoms with E-state index in [4.69, 9.17) is 18.9 Å². The molecule has 0 radical (unpaired) electrons. The first kappa shape index (κ1) is 35.8. The molecule has 0 bridgehead atoms. The molecule has 1 fully saturated rings. The van der Waals surface area contributed by atoms with E-state index >= 15 is 0 Å². The van der Waals surface area contributed by atoms with Gasteiger partial charge in [-0.1, -0.05) is 27.7 Å². The lowest BCUT2D eigenvalue weighted by atomic mass is 9.76. The minimum atomic E-state index is -1.59. The highest BCUT2D eigenvalue weighted by Gasteiger charge is 2.49. The number of nitrogens with zero attached hydrogens (tertiary/aromatic N) is 1. The molecule has 0 aromatic rings. The lowest BCUT2D eigenvalue weighted by Gasteiger charge is -2.47. The summed E-state index contributed by atoms with van der Waals surface area (Å²) in [6.07, 6.45) is -2.24. The molecular weight excluding hydrogens is 530 g/mol. The highest BCUT2D eigenvalue weighted by Crippen LogP contribution is 2.38. The normalized spacial score (nSPS) is 45.1. The molecule has 2 aliphatic heterocycles. The van der Waals surface area contributed by atoms with Crippen molar-refractivity contribution in [2.24, 2.45) is 17.8 Å². The maximum absolute atomic E-state index is 13.7. The number of hydrogen-bond donors (Lipinski definition) is 3. The number of aliphatic hydroxyl groups is 3. The maximum atomic E-state index is 13.7. The molecule has 0 spiro atoms. The summed E-state index contributed by atoms with van der Waals surface area (Å²) in [7, 11) is 5.29. The van der Waals surface area contributed by atoms with Crippen molar-refractivity contribution in [3.05, 3.63) is 11.6 Å². The first-order valence-electron chi connectivity index (χ1n) is 15.0. The minimum Gasteiger partial charge on any atom is -0.459 e. The van der Waals surface area contributed by atoms with Gasteiger partial charge < -0.3 is 39.2 Å². The van der Waals surface area contributed by atoms with Gasteiger partial charge in [0, 0.05) is 25.0 Å². The van der Waals surface area contributed by atoms with Crippen LogP contribution in [-0.4, -0.2) is 107 Å². The van der Waals surface area contributed by atoms with E-state index in [-0.39, 0.29) is 24.3 Å². The third-order valence-electron chi connectivity index (χ3n) is 9.13. The van der Waals surface area contributed by atoms with Crippen LogP contribution in [0.3, 0.4) is 0 Å². The highest BCUT2D eigenvalue weighted by atomic mass is 16.7. The zero-order valence-corrected chi connectivity index (χ0v) is 26.9. The molecule has 0 saturated carbocycles. The van der Waals surface area contributed by atoms with Crippen molar-refractivity contribution in [3.63, 3.8) is 0 Å². The van der Waals surface area contributed by atoms with Gasteiger partial charge in [0.25, 0.3) is 0 Å². The molecular formula is C31H55NO9. The first-order valence-corrected chi connectivity index (χ1v) is 15.0. The van der Waals surface area contributed by atoms with Crippen LogP contribution < -0.4 is 0 Å². The van der Waals surface area contributed by atoms with E-state index in [0.29, 0.717) is 24.8 Å². The van der Waals surface area contributed by atoms with E-state index in [0.717, 1.165) is 0 Å². The quantitative estimate of drug-likeness (QED) is 0.400. The number of Topliss-reactive ketones (excluding diaryl/α,β-unsaturated/α-hetero) is 1. The van der Waals surface area contributed by atoms with Gasteiger partial charge in [-0.15, -0.1) is 0 Å². The molecule has 0 amide bonds. The molecule has 2 rings (SSSR count). The topological polar surface area (TPSA) is 135 Å². The van der Waals surface area contributed by atoms with Gasteiger partial charge in [-0.3, -0.25) is 9.59 Å². The summed E-state index contributed by atoms with van der Waals surface area (Å²) >= 11 is 0. The molecule has 2 heterocycles. The molecule has 1 unspecified atom stereocenters. The lowest BCUT2D eigenvalue weighted by molar-refractivity contribution is -0.301. The molecule has 1 saturated heterocycles. The Balaban J connectivity index is 2.64. The number of hydrogen-bond acceptors (Lipinski definition) is 10. The zero-order valence-electron chi connectivity index (χ0n) is 26.9. The molecule has 10 nitrogen and oxygen atoms in total. The largest absolute Gasteiger partial charge is 0.459 e. The number of allylic oxidation sites excluding steroid dienone is 1. The molecule has 3 N–H and O–H groups in total. The number of rotatable bonds is 6. The van der Waals surface area contributed by atoms with Crippen LogP contribution in [0.5, 0.6) is 0 Å². The summed E-state index contributed by atoms with van der Waals surface area (Å²) in [6, 6.07) is -0.221. The lowest BCUT2D eigenvalue weighted by Crippen LogP contribution is -2.59. The summed E-state index contributed by atoms with van der Waals surface area (Å²) in [6.45, 7) is 14.0. The predicted molar refractivity (Wildman–Crippen MR) is 155 cm³/mol. The second-order valence-corrected chi connectivity index (χ2v) is 12.8. The van der Waals surface area contributed by atoms with Gasteiger partial charge in [0.1, 0.15) is 17.8 Å². The SMILES string of the molecule is CC/C1=C\[C@](C)(O)[C@@H](CC)OC(=O)[C@H](C)[C@@H](O)[C@H](C)[C@@H](OC2O[C@H](C)C[C@H](N(C)C)[C@H]2O)[C@@](C)(OC)C[C@@H](C)C1=O. The van der Waals surface area contributed by atoms with Gasteiger partial charge in [0.05, 0.1) is 29.8 Å². The van der Waals surface area contributed by atoms with Crippen LogP contribution in [0.1, 0.15) is 81.1 Å². The number of aliphatic hydroxyl groups excluding tert-OH is 2. The maximum Gasteiger partial charge on any atom is 0.311 e. The van der Waals surface area contributed by atoms with Crippen LogP contribution in [0, 0.1) is 17.8 Å². The number of methoxy groups -OCH3 is 1. The van der Waals surface area contributed by atoms with Crippen molar-refractivity contribution < 1.29 is 43.9 Å². The van der Waals surface area contributed by atoms with Crippen molar-refractivity contribution in [2.75, 3.05) is 21.2 Å². The van der Waals surface area contributed by atoms with Crippen LogP contribution in [0.4, 0.5) is 0 Å². The number of carbonyl (C=O) groups is 2. The van der Waals surface area contributed by atoms with E-state index in [1.165, 1.54) is 20.1 Å². The number of ether oxygens (including phenoxy) is 4. The Morgan fingerprint density at radius 2 is 1.68 bits per heavy atom. The Bertz CT molecular complexity index is 921. The van der Waals surface area contributed by atoms with Crippen LogP contribution in [-0.2, 0) is 28.5 Å². The average Bonchev–Trinajstić information content (AvgIpc) is 2.91. The van der Waals surface area contributed by atoms with E-state index in [9.17, 15) is 24.9 Å². The Morgan fingerprint density at radius 1 is 1.07 bits per heavy atom. The molecule has 0 aliphatic carbocycles. The fraction of sp³-hybridized carbons (Fsp3) is 0.871. The Labute approximate surface area is 246 Å². The van der Waals surface area contributed by atoms with Crippen LogP contribution >= 0.6 is 0 Å². The van der Waals surface area contributed by atoms with Gasteiger partial charge in [0.2, 0.25) is 0 Å². The number of ketones is 1. The highest BCUT2D eigenvalue weighted by molar-refractivity contribution is 5.97. The smallest absolute Gasteiger partial charge is 0.311 e. The van der Waals surface area contributed by atoms with Crippen LogP contribution in [0.2, 0.25) is 0 Å². The molecule has 2 aliphatic rings. The van der Waals surface area contributed by atoms with Crippen molar-refractivity contribution in [2.45, 2.75) is 135 Å². The van der Waals surface area contributed by atoms with Gasteiger partial charge in [-0.2, -0.15) is 0 Å². The van der Waals surface area contributed by atoms with E-state index in [1.54, 1.807) is 34.6 Å². The van der Waals surface area contributed by atoms with Crippen molar-refractivity contribution >= 4 is 11.8 Å². The summed E-state index contributed by atoms with van der Waals surface area (Å²) in [5.74, 6) is -3.05. The molecule has 0 aromatic heterocycles. The standard InChI is InChI=1S/C31H55NO9/c1-12-21-16-30(7,37)23(13-2)40-28(36)20(6)25(34)19(5)27(31(8,38-11)15-17(3)24(21)33)41-29-26(35)22(32(9)10)14-18(4)39-29/h16-20,22-23,25-27,29,34-35,37H,12-15H2,1-11H3/b21-16+/t17-,18-,19+,20-,22+,23-,25+,26-,27-,29?,30+,31+/m1/s1. The van der Waals surface area contributed by atoms with E-state index < -0.39 is 65.6 Å². The third kappa shape index (κ3) is 8.16. The van der Waals surface area contributed by atoms with Crippen molar-refractivity contribution in [1.29, 1.82) is 0 Å². The van der Waals surface area contributed by atoms with Crippen LogP contribution in [0.15, 0.2) is 11.6 Å². The Morgan fingerprint density at radius 3 is 2.20 bits per heavy atom. The summed E-state index contributed by atoms with van der Waals surface area (Å²) in [5.41, 5.74) is -2.29. The summed E-state index contributed by atoms with van der Waals surface area (Å²) < 4.78 is 24.4. The molecule has 12 atom stereocenters. The second kappa shape index (κ2) is 14.4. The monoisotopic (exact) mass is 585 g/mol. The Kier molecular flexibility index (Phi) is 12.6. The fourth-order valence-corrected chi connectivity index (χ4v) is 6.39. The second-order valence-electron chi connectivity index (χ2n) is 12.8. The van der Waals surface area contributed by atoms with Gasteiger partial charge in [-0.25, -0.2) is 0 Å². The minimum absolute atomic E-state index is 0.162. The number of cyclic esters (lactones) is 1. The van der Waals surface area contributed by atoms with Gasteiger partial charge in [0.15, 0.2) is 12.1 Å². The number of esters is 1. The van der Waals surface area contributed by atoms with Gasteiger partial charge in [-0.05, 0) is 79.1 Å². The Hall–Kier alpha value is -1.40. The van der Waals surface area contributed by atoms with Crippen molar-refractivity contribution in [3.8, 4) is 0 Å². The van der Waals surface area contributed by atoms with Gasteiger partial charge >= 0.3 is 5.97 Å². The molecule has 41 heavy (non-hydrogen) atoms. The average molecular weight is 586 g/mol. The first-order chi connectivity index (χ1) is 18.9. The van der Waals surface area contributed by atoms with E-state index in [2.05, 4.69) is 0 Å². The summed E-state index contributed by atoms with van der Waals surface area (Å²) in [5, 5.41) is 34.0. The third-order valence-corrected chi connectivity index (χ3v) is 9.13. The van der Waals surface area contributed by atoms with Crippen molar-refractivity contribution in [1.82, 2.24) is 4.90 Å². The zero-order chi connectivity index (χ0) is 31.4. The van der Waals surface area contributed by atoms with E-state index in [1.807, 2.05) is 32.8 Å². The molecule has 238 valence electrons.